The molecule has 0 aliphatic carbocycles. The predicted molar refractivity (Wildman–Crippen MR) is 69.7 cm³/mol. The summed E-state index contributed by atoms with van der Waals surface area (Å²) in [6.45, 7) is 0.291. The number of nitrogens with two attached hydrogens (primary N) is 1. The first-order chi connectivity index (χ1) is 8.08. The maximum absolute atomic E-state index is 13.4. The van der Waals surface area contributed by atoms with Gasteiger partial charge in [-0.05, 0) is 53.1 Å². The summed E-state index contributed by atoms with van der Waals surface area (Å²) in [6, 6.07) is 9.78. The number of rotatable bonds is 2. The number of benzene rings is 2. The lowest BCUT2D eigenvalue weighted by Crippen LogP contribution is -1.97. The van der Waals surface area contributed by atoms with Crippen molar-refractivity contribution in [2.45, 2.75) is 6.54 Å². The second-order valence-electron chi connectivity index (χ2n) is 3.71. The first kappa shape index (κ1) is 12.4. The highest BCUT2D eigenvalue weighted by Gasteiger charge is 2.05. The summed E-state index contributed by atoms with van der Waals surface area (Å²) < 4.78 is 13.4. The standard InChI is InChI=1S/C13H10Cl2FN/c14-11-3-10(4-12(15)6-11)9-1-8(7-17)2-13(16)5-9/h1-6H,7,17H2. The quantitative estimate of drug-likeness (QED) is 0.866. The Morgan fingerprint density at radius 1 is 0.882 bits per heavy atom. The van der Waals surface area contributed by atoms with Crippen molar-refractivity contribution in [3.05, 3.63) is 57.8 Å². The zero-order valence-electron chi connectivity index (χ0n) is 8.88. The fourth-order valence-electron chi connectivity index (χ4n) is 1.66. The molecule has 1 nitrogen and oxygen atoms in total. The first-order valence-electron chi connectivity index (χ1n) is 5.04. The highest BCUT2D eigenvalue weighted by molar-refractivity contribution is 6.35. The van der Waals surface area contributed by atoms with Gasteiger partial charge in [-0.15, -0.1) is 0 Å². The molecule has 0 amide bonds. The van der Waals surface area contributed by atoms with Gasteiger partial charge in [0.05, 0.1) is 0 Å². The van der Waals surface area contributed by atoms with E-state index in [-0.39, 0.29) is 5.82 Å². The van der Waals surface area contributed by atoms with Gasteiger partial charge >= 0.3 is 0 Å². The van der Waals surface area contributed by atoms with Crippen LogP contribution < -0.4 is 5.73 Å². The van der Waals surface area contributed by atoms with Crippen molar-refractivity contribution < 1.29 is 4.39 Å². The summed E-state index contributed by atoms with van der Waals surface area (Å²) in [5.41, 5.74) is 7.73. The molecule has 2 aromatic carbocycles. The zero-order chi connectivity index (χ0) is 12.4. The van der Waals surface area contributed by atoms with Crippen molar-refractivity contribution in [2.75, 3.05) is 0 Å². The molecule has 0 aromatic heterocycles. The van der Waals surface area contributed by atoms with Crippen molar-refractivity contribution in [2.24, 2.45) is 5.73 Å². The second kappa shape index (κ2) is 5.05. The Balaban J connectivity index is 2.55. The molecule has 0 atom stereocenters. The van der Waals surface area contributed by atoms with E-state index < -0.39 is 0 Å². The average molecular weight is 270 g/mol. The molecule has 88 valence electrons. The first-order valence-corrected chi connectivity index (χ1v) is 5.80. The SMILES string of the molecule is NCc1cc(F)cc(-c2cc(Cl)cc(Cl)c2)c1. The molecule has 0 saturated heterocycles. The van der Waals surface area contributed by atoms with Crippen molar-refractivity contribution in [3.8, 4) is 11.1 Å². The smallest absolute Gasteiger partial charge is 0.124 e. The van der Waals surface area contributed by atoms with E-state index in [1.807, 2.05) is 6.07 Å². The molecule has 0 heterocycles. The van der Waals surface area contributed by atoms with Crippen LogP contribution in [0.2, 0.25) is 10.0 Å². The summed E-state index contributed by atoms with van der Waals surface area (Å²) in [5, 5.41) is 1.04. The highest BCUT2D eigenvalue weighted by atomic mass is 35.5. The van der Waals surface area contributed by atoms with Crippen molar-refractivity contribution in [3.63, 3.8) is 0 Å². The molecule has 0 spiro atoms. The van der Waals surface area contributed by atoms with Gasteiger partial charge < -0.3 is 5.73 Å². The molecule has 2 N–H and O–H groups in total. The molecule has 2 aromatic rings. The molecule has 4 heteroatoms. The van der Waals surface area contributed by atoms with Gasteiger partial charge in [-0.3, -0.25) is 0 Å². The van der Waals surface area contributed by atoms with Crippen LogP contribution >= 0.6 is 23.2 Å². The lowest BCUT2D eigenvalue weighted by molar-refractivity contribution is 0.626. The summed E-state index contributed by atoms with van der Waals surface area (Å²) in [4.78, 5) is 0. The number of halogens is 3. The van der Waals surface area contributed by atoms with Crippen LogP contribution in [0, 0.1) is 5.82 Å². The van der Waals surface area contributed by atoms with Gasteiger partial charge in [0.1, 0.15) is 5.82 Å². The summed E-state index contributed by atoms with van der Waals surface area (Å²) in [6.07, 6.45) is 0. The van der Waals surface area contributed by atoms with Crippen LogP contribution in [-0.2, 0) is 6.54 Å². The fourth-order valence-corrected chi connectivity index (χ4v) is 2.18. The van der Waals surface area contributed by atoms with Crippen LogP contribution in [0.15, 0.2) is 36.4 Å². The maximum Gasteiger partial charge on any atom is 0.124 e. The average Bonchev–Trinajstić information content (AvgIpc) is 2.26. The Labute approximate surface area is 109 Å². The van der Waals surface area contributed by atoms with E-state index in [2.05, 4.69) is 0 Å². The number of hydrogen-bond donors (Lipinski definition) is 1. The largest absolute Gasteiger partial charge is 0.326 e. The molecular formula is C13H10Cl2FN. The highest BCUT2D eigenvalue weighted by Crippen LogP contribution is 2.28. The van der Waals surface area contributed by atoms with Crippen molar-refractivity contribution in [1.29, 1.82) is 0 Å². The lowest BCUT2D eigenvalue weighted by atomic mass is 10.0. The molecule has 0 saturated carbocycles. The van der Waals surface area contributed by atoms with Gasteiger partial charge in [-0.2, -0.15) is 0 Å². The summed E-state index contributed by atoms with van der Waals surface area (Å²) >= 11 is 11.8. The third kappa shape index (κ3) is 2.97. The van der Waals surface area contributed by atoms with Crippen LogP contribution in [0.5, 0.6) is 0 Å². The van der Waals surface area contributed by atoms with Crippen LogP contribution in [0.1, 0.15) is 5.56 Å². The van der Waals surface area contributed by atoms with E-state index in [4.69, 9.17) is 28.9 Å². The molecule has 2 rings (SSSR count). The van der Waals surface area contributed by atoms with Crippen LogP contribution in [-0.4, -0.2) is 0 Å². The van der Waals surface area contributed by atoms with E-state index in [1.54, 1.807) is 18.2 Å². The molecule has 0 unspecified atom stereocenters. The van der Waals surface area contributed by atoms with E-state index in [0.29, 0.717) is 16.6 Å². The van der Waals surface area contributed by atoms with Gasteiger partial charge in [-0.25, -0.2) is 4.39 Å². The van der Waals surface area contributed by atoms with Crippen LogP contribution in [0.3, 0.4) is 0 Å². The van der Waals surface area contributed by atoms with E-state index >= 15 is 0 Å². The summed E-state index contributed by atoms with van der Waals surface area (Å²) in [5.74, 6) is -0.320. The molecular weight excluding hydrogens is 260 g/mol. The molecule has 0 aliphatic rings. The Bertz CT molecular complexity index is 535. The van der Waals surface area contributed by atoms with Gasteiger partial charge in [0, 0.05) is 16.6 Å². The van der Waals surface area contributed by atoms with E-state index in [1.165, 1.54) is 12.1 Å². The third-order valence-electron chi connectivity index (χ3n) is 2.39. The molecule has 0 aliphatic heterocycles. The van der Waals surface area contributed by atoms with Gasteiger partial charge in [-0.1, -0.05) is 23.2 Å². The second-order valence-corrected chi connectivity index (χ2v) is 4.58. The minimum absolute atomic E-state index is 0.291. The van der Waals surface area contributed by atoms with Gasteiger partial charge in [0.2, 0.25) is 0 Å². The third-order valence-corrected chi connectivity index (χ3v) is 2.83. The Morgan fingerprint density at radius 3 is 2.06 bits per heavy atom. The molecule has 0 bridgehead atoms. The Kier molecular flexibility index (Phi) is 3.67. The number of hydrogen-bond acceptors (Lipinski definition) is 1. The fraction of sp³-hybridized carbons (Fsp3) is 0.0769. The molecule has 0 fully saturated rings. The Morgan fingerprint density at radius 2 is 1.47 bits per heavy atom. The normalized spacial score (nSPS) is 10.6. The lowest BCUT2D eigenvalue weighted by Gasteiger charge is -2.06. The zero-order valence-corrected chi connectivity index (χ0v) is 10.4. The van der Waals surface area contributed by atoms with Gasteiger partial charge in [0.15, 0.2) is 0 Å². The minimum atomic E-state index is -0.320. The van der Waals surface area contributed by atoms with Gasteiger partial charge in [0.25, 0.3) is 0 Å². The van der Waals surface area contributed by atoms with Crippen LogP contribution in [0.25, 0.3) is 11.1 Å². The van der Waals surface area contributed by atoms with Crippen molar-refractivity contribution >= 4 is 23.2 Å². The van der Waals surface area contributed by atoms with Crippen LogP contribution in [0.4, 0.5) is 4.39 Å². The molecule has 17 heavy (non-hydrogen) atoms. The summed E-state index contributed by atoms with van der Waals surface area (Å²) in [7, 11) is 0. The monoisotopic (exact) mass is 269 g/mol. The van der Waals surface area contributed by atoms with E-state index in [0.717, 1.165) is 16.7 Å². The van der Waals surface area contributed by atoms with Crippen molar-refractivity contribution in [1.82, 2.24) is 0 Å². The maximum atomic E-state index is 13.4. The molecule has 0 radical (unpaired) electrons. The topological polar surface area (TPSA) is 26.0 Å². The Hall–Kier alpha value is -1.09. The minimum Gasteiger partial charge on any atom is -0.326 e. The predicted octanol–water partition coefficient (Wildman–Crippen LogP) is 4.26. The van der Waals surface area contributed by atoms with E-state index in [9.17, 15) is 4.39 Å².